The lowest BCUT2D eigenvalue weighted by Crippen LogP contribution is -2.30. The number of carbonyl (C=O) groups excluding carboxylic acids is 1. The van der Waals surface area contributed by atoms with Crippen LogP contribution in [0.5, 0.6) is 0 Å². The van der Waals surface area contributed by atoms with E-state index in [1.807, 2.05) is 0 Å². The van der Waals surface area contributed by atoms with Crippen LogP contribution in [0.15, 0.2) is 18.2 Å². The zero-order valence-electron chi connectivity index (χ0n) is 11.2. The Morgan fingerprint density at radius 1 is 1.58 bits per heavy atom. The summed E-state index contributed by atoms with van der Waals surface area (Å²) in [7, 11) is 0. The number of anilines is 2. The van der Waals surface area contributed by atoms with Crippen molar-refractivity contribution < 1.29 is 9.18 Å². The monoisotopic (exact) mass is 265 g/mol. The summed E-state index contributed by atoms with van der Waals surface area (Å²) in [6, 6.07) is 4.54. The molecule has 19 heavy (non-hydrogen) atoms. The molecule has 5 heteroatoms. The van der Waals surface area contributed by atoms with Gasteiger partial charge in [0.2, 0.25) is 5.91 Å². The van der Waals surface area contributed by atoms with Crippen LogP contribution in [0.2, 0.25) is 0 Å². The van der Waals surface area contributed by atoms with Crippen molar-refractivity contribution in [3.8, 4) is 0 Å². The number of hydrogen-bond acceptors (Lipinski definition) is 3. The largest absolute Gasteiger partial charge is 0.397 e. The van der Waals surface area contributed by atoms with Crippen molar-refractivity contribution in [1.29, 1.82) is 0 Å². The number of nitrogens with two attached hydrogens (primary N) is 1. The molecule has 1 amide bonds. The van der Waals surface area contributed by atoms with E-state index in [9.17, 15) is 9.18 Å². The first-order valence-electron chi connectivity index (χ1n) is 6.65. The Balaban J connectivity index is 1.84. The van der Waals surface area contributed by atoms with Crippen molar-refractivity contribution in [2.75, 3.05) is 24.1 Å². The molecule has 0 saturated carbocycles. The minimum atomic E-state index is -0.401. The summed E-state index contributed by atoms with van der Waals surface area (Å²) < 4.78 is 12.9. The Bertz CT molecular complexity index is 464. The number of nitrogen functional groups attached to an aromatic ring is 1. The summed E-state index contributed by atoms with van der Waals surface area (Å²) in [4.78, 5) is 14.1. The normalized spacial score (nSPS) is 19.6. The predicted molar refractivity (Wildman–Crippen MR) is 74.3 cm³/mol. The topological polar surface area (TPSA) is 58.4 Å². The first-order chi connectivity index (χ1) is 9.06. The molecular formula is C14H20FN3O. The van der Waals surface area contributed by atoms with Crippen LogP contribution >= 0.6 is 0 Å². The summed E-state index contributed by atoms with van der Waals surface area (Å²) in [5, 5.41) is 2.72. The van der Waals surface area contributed by atoms with Gasteiger partial charge in [-0.2, -0.15) is 0 Å². The van der Waals surface area contributed by atoms with Crippen LogP contribution in [0.3, 0.4) is 0 Å². The smallest absolute Gasteiger partial charge is 0.225 e. The lowest BCUT2D eigenvalue weighted by atomic mass is 10.2. The molecule has 104 valence electrons. The van der Waals surface area contributed by atoms with Crippen molar-refractivity contribution in [3.05, 3.63) is 24.0 Å². The molecule has 1 saturated heterocycles. The number of carbonyl (C=O) groups is 1. The van der Waals surface area contributed by atoms with Crippen LogP contribution in [0, 0.1) is 5.82 Å². The van der Waals surface area contributed by atoms with E-state index in [2.05, 4.69) is 17.1 Å². The molecule has 0 radical (unpaired) electrons. The summed E-state index contributed by atoms with van der Waals surface area (Å²) in [6.45, 7) is 4.00. The number of nitrogens with one attached hydrogen (secondary N) is 1. The fourth-order valence-corrected chi connectivity index (χ4v) is 2.43. The third kappa shape index (κ3) is 3.67. The first-order valence-corrected chi connectivity index (χ1v) is 6.65. The first kappa shape index (κ1) is 13.8. The van der Waals surface area contributed by atoms with E-state index < -0.39 is 5.82 Å². The highest BCUT2D eigenvalue weighted by Crippen LogP contribution is 2.20. The second kappa shape index (κ2) is 6.02. The third-order valence-electron chi connectivity index (χ3n) is 3.60. The molecule has 1 aliphatic rings. The zero-order valence-corrected chi connectivity index (χ0v) is 11.2. The lowest BCUT2D eigenvalue weighted by Gasteiger charge is -2.20. The fourth-order valence-electron chi connectivity index (χ4n) is 2.43. The van der Waals surface area contributed by atoms with E-state index >= 15 is 0 Å². The van der Waals surface area contributed by atoms with Crippen molar-refractivity contribution in [1.82, 2.24) is 4.90 Å². The van der Waals surface area contributed by atoms with Crippen LogP contribution in [0.4, 0.5) is 15.8 Å². The highest BCUT2D eigenvalue weighted by atomic mass is 19.1. The van der Waals surface area contributed by atoms with Crippen molar-refractivity contribution >= 4 is 17.3 Å². The molecule has 1 aromatic carbocycles. The van der Waals surface area contributed by atoms with E-state index in [0.717, 1.165) is 13.1 Å². The van der Waals surface area contributed by atoms with Crippen LogP contribution in [0.25, 0.3) is 0 Å². The molecule has 2 rings (SSSR count). The van der Waals surface area contributed by atoms with Gasteiger partial charge >= 0.3 is 0 Å². The molecule has 0 aliphatic carbocycles. The highest BCUT2D eigenvalue weighted by molar-refractivity contribution is 5.93. The molecule has 1 atom stereocenters. The Morgan fingerprint density at radius 2 is 2.37 bits per heavy atom. The predicted octanol–water partition coefficient (Wildman–Crippen LogP) is 2.22. The van der Waals surface area contributed by atoms with Gasteiger partial charge in [0.25, 0.3) is 0 Å². The van der Waals surface area contributed by atoms with Crippen molar-refractivity contribution in [2.24, 2.45) is 0 Å². The van der Waals surface area contributed by atoms with Gasteiger partial charge in [-0.15, -0.1) is 0 Å². The van der Waals surface area contributed by atoms with Gasteiger partial charge in [0.15, 0.2) is 0 Å². The summed E-state index contributed by atoms with van der Waals surface area (Å²) in [5.74, 6) is -0.487. The van der Waals surface area contributed by atoms with Gasteiger partial charge in [-0.1, -0.05) is 0 Å². The van der Waals surface area contributed by atoms with E-state index in [1.165, 1.54) is 31.0 Å². The Morgan fingerprint density at radius 3 is 3.00 bits per heavy atom. The average Bonchev–Trinajstić information content (AvgIpc) is 2.76. The maximum Gasteiger partial charge on any atom is 0.225 e. The molecule has 0 aromatic heterocycles. The van der Waals surface area contributed by atoms with Gasteiger partial charge in [-0.3, -0.25) is 4.79 Å². The average molecular weight is 265 g/mol. The molecule has 4 nitrogen and oxygen atoms in total. The Kier molecular flexibility index (Phi) is 4.37. The van der Waals surface area contributed by atoms with Crippen molar-refractivity contribution in [3.63, 3.8) is 0 Å². The summed E-state index contributed by atoms with van der Waals surface area (Å²) in [5.41, 5.74) is 6.37. The van der Waals surface area contributed by atoms with E-state index in [0.29, 0.717) is 18.2 Å². The van der Waals surface area contributed by atoms with Gasteiger partial charge < -0.3 is 16.0 Å². The van der Waals surface area contributed by atoms with Gasteiger partial charge in [0.05, 0.1) is 11.4 Å². The number of amides is 1. The molecule has 0 bridgehead atoms. The number of hydrogen-bond donors (Lipinski definition) is 2. The Labute approximate surface area is 112 Å². The molecule has 1 heterocycles. The van der Waals surface area contributed by atoms with Crippen molar-refractivity contribution in [2.45, 2.75) is 32.2 Å². The highest BCUT2D eigenvalue weighted by Gasteiger charge is 2.20. The molecule has 1 aromatic rings. The second-order valence-corrected chi connectivity index (χ2v) is 5.06. The van der Waals surface area contributed by atoms with Gasteiger partial charge in [-0.25, -0.2) is 4.39 Å². The maximum absolute atomic E-state index is 12.9. The number of likely N-dealkylation sites (tertiary alicyclic amines) is 1. The fraction of sp³-hybridized carbons (Fsp3) is 0.500. The number of benzene rings is 1. The molecule has 1 fully saturated rings. The van der Waals surface area contributed by atoms with Gasteiger partial charge in [0, 0.05) is 19.0 Å². The quantitative estimate of drug-likeness (QED) is 0.821. The second-order valence-electron chi connectivity index (χ2n) is 5.06. The van der Waals surface area contributed by atoms with E-state index in [-0.39, 0.29) is 11.6 Å². The minimum Gasteiger partial charge on any atom is -0.397 e. The lowest BCUT2D eigenvalue weighted by molar-refractivity contribution is -0.116. The van der Waals surface area contributed by atoms with Crippen LogP contribution in [0.1, 0.15) is 26.2 Å². The number of rotatable bonds is 4. The molecule has 1 unspecified atom stereocenters. The summed E-state index contributed by atoms with van der Waals surface area (Å²) >= 11 is 0. The number of halogens is 1. The minimum absolute atomic E-state index is 0.0857. The molecule has 1 aliphatic heterocycles. The molecule has 3 N–H and O–H groups in total. The SMILES string of the molecule is CC1CCCN1CCC(=O)Nc1ccc(F)cc1N. The van der Waals surface area contributed by atoms with E-state index in [4.69, 9.17) is 5.73 Å². The van der Waals surface area contributed by atoms with Gasteiger partial charge in [0.1, 0.15) is 5.82 Å². The van der Waals surface area contributed by atoms with E-state index in [1.54, 1.807) is 0 Å². The van der Waals surface area contributed by atoms with Crippen LogP contribution < -0.4 is 11.1 Å². The molecular weight excluding hydrogens is 245 g/mol. The third-order valence-corrected chi connectivity index (χ3v) is 3.60. The molecule has 0 spiro atoms. The zero-order chi connectivity index (χ0) is 13.8. The number of nitrogens with zero attached hydrogens (tertiary/aromatic N) is 1. The summed E-state index contributed by atoms with van der Waals surface area (Å²) in [6.07, 6.45) is 2.83. The van der Waals surface area contributed by atoms with Crippen LogP contribution in [-0.4, -0.2) is 29.9 Å². The van der Waals surface area contributed by atoms with Crippen LogP contribution in [-0.2, 0) is 4.79 Å². The standard InChI is InChI=1S/C14H20FN3O/c1-10-3-2-7-18(10)8-6-14(19)17-13-5-4-11(15)9-12(13)16/h4-5,9-10H,2-3,6-8,16H2,1H3,(H,17,19). The van der Waals surface area contributed by atoms with Gasteiger partial charge in [-0.05, 0) is 44.5 Å². The Hall–Kier alpha value is -1.62. The maximum atomic E-state index is 12.9.